The van der Waals surface area contributed by atoms with Gasteiger partial charge in [-0.3, -0.25) is 9.78 Å². The minimum atomic E-state index is -4.19. The molecule has 0 unspecified atom stereocenters. The smallest absolute Gasteiger partial charge is 0.355 e. The molecule has 8 nitrogen and oxygen atoms in total. The van der Waals surface area contributed by atoms with Crippen LogP contribution in [0.15, 0.2) is 18.3 Å². The van der Waals surface area contributed by atoms with Gasteiger partial charge < -0.3 is 10.6 Å². The van der Waals surface area contributed by atoms with Gasteiger partial charge in [0.15, 0.2) is 11.5 Å². The summed E-state index contributed by atoms with van der Waals surface area (Å²) in [5.74, 6) is -0.599. The Bertz CT molecular complexity index is 1470. The summed E-state index contributed by atoms with van der Waals surface area (Å²) in [6.07, 6.45) is -0.987. The first kappa shape index (κ1) is 26.0. The monoisotopic (exact) mass is 554 g/mol. The number of hydrogen-bond acceptors (Lipinski definition) is 6. The van der Waals surface area contributed by atoms with Crippen LogP contribution >= 0.6 is 24.0 Å². The predicted octanol–water partition coefficient (Wildman–Crippen LogP) is 5.18. The number of benzene rings is 1. The number of aryl methyl sites for hydroxylation is 2. The van der Waals surface area contributed by atoms with E-state index in [2.05, 4.69) is 20.2 Å². The summed E-state index contributed by atoms with van der Waals surface area (Å²) >= 11 is 6.70. The number of aromatic nitrogens is 6. The quantitative estimate of drug-likeness (QED) is 0.354. The van der Waals surface area contributed by atoms with Crippen LogP contribution in [0, 0.1) is 18.3 Å². The standard InChI is InChI=1S/C24H26ClF3N8.ClH/c1-12-22(36-7-5-23(6-8-36)10-13(9-17(23)29)24(26,27)28)31-21-20(30-12)19(32-33-21)14-3-4-16-15(18(14)25)11-35(2)34-16;/h3-4,11,13,17H,5-10,29H2,1-2H3,(H,31,32,33);1H/t13-,17+;/m0./s1. The number of alkyl halides is 3. The van der Waals surface area contributed by atoms with Gasteiger partial charge in [0.25, 0.3) is 0 Å². The molecule has 2 fully saturated rings. The number of aromatic amines is 1. The fourth-order valence-electron chi connectivity index (χ4n) is 6.03. The number of fused-ring (bicyclic) bond motifs is 2. The molecular formula is C24H27Cl2F3N8. The molecule has 4 heterocycles. The number of nitrogens with one attached hydrogen (secondary N) is 1. The van der Waals surface area contributed by atoms with Crippen LogP contribution in [0.5, 0.6) is 0 Å². The summed E-state index contributed by atoms with van der Waals surface area (Å²) < 4.78 is 41.7. The van der Waals surface area contributed by atoms with Gasteiger partial charge in [-0.1, -0.05) is 11.6 Å². The van der Waals surface area contributed by atoms with E-state index in [0.29, 0.717) is 53.6 Å². The van der Waals surface area contributed by atoms with Crippen LogP contribution in [0.1, 0.15) is 31.4 Å². The average molecular weight is 555 g/mol. The summed E-state index contributed by atoms with van der Waals surface area (Å²) in [5, 5.41) is 13.2. The molecule has 3 N–H and O–H groups in total. The zero-order valence-corrected chi connectivity index (χ0v) is 21.9. The van der Waals surface area contributed by atoms with Gasteiger partial charge in [0, 0.05) is 43.3 Å². The SMILES string of the molecule is Cc1nc2c(-c3ccc4nn(C)cc4c3Cl)n[nH]c2nc1N1CCC2(CC1)C[C@@H](C(F)(F)F)C[C@H]2N.Cl. The van der Waals surface area contributed by atoms with Crippen molar-refractivity contribution in [1.82, 2.24) is 29.9 Å². The second-order valence-electron chi connectivity index (χ2n) is 10.2. The minimum absolute atomic E-state index is 0. The van der Waals surface area contributed by atoms with Gasteiger partial charge in [0.2, 0.25) is 0 Å². The van der Waals surface area contributed by atoms with Gasteiger partial charge in [-0.2, -0.15) is 23.4 Å². The molecule has 2 atom stereocenters. The molecule has 1 saturated heterocycles. The number of halogens is 5. The van der Waals surface area contributed by atoms with Crippen LogP contribution in [0.3, 0.4) is 0 Å². The third-order valence-corrected chi connectivity index (χ3v) is 8.44. The molecule has 37 heavy (non-hydrogen) atoms. The average Bonchev–Trinajstić information content (AvgIpc) is 3.50. The number of rotatable bonds is 2. The molecule has 2 aliphatic rings. The molecule has 1 aromatic carbocycles. The highest BCUT2D eigenvalue weighted by Gasteiger charge is 2.55. The van der Waals surface area contributed by atoms with E-state index in [4.69, 9.17) is 27.3 Å². The van der Waals surface area contributed by atoms with Crippen LogP contribution in [0.4, 0.5) is 19.0 Å². The lowest BCUT2D eigenvalue weighted by Crippen LogP contribution is -2.47. The maximum atomic E-state index is 13.3. The van der Waals surface area contributed by atoms with E-state index in [1.54, 1.807) is 4.68 Å². The van der Waals surface area contributed by atoms with Crippen LogP contribution in [0.25, 0.3) is 33.3 Å². The summed E-state index contributed by atoms with van der Waals surface area (Å²) in [6, 6.07) is 3.34. The van der Waals surface area contributed by atoms with Crippen LogP contribution in [-0.4, -0.2) is 55.3 Å². The molecule has 1 spiro atoms. The molecule has 13 heteroatoms. The Hall–Kier alpha value is -2.63. The third kappa shape index (κ3) is 4.21. The van der Waals surface area contributed by atoms with Crippen molar-refractivity contribution in [3.8, 4) is 11.3 Å². The number of H-pyrrole nitrogens is 1. The highest BCUT2D eigenvalue weighted by molar-refractivity contribution is 6.38. The largest absolute Gasteiger partial charge is 0.391 e. The number of hydrogen-bond donors (Lipinski definition) is 2. The Balaban J connectivity index is 0.00000280. The molecule has 198 valence electrons. The number of anilines is 1. The van der Waals surface area contributed by atoms with Crippen molar-refractivity contribution in [3.63, 3.8) is 0 Å². The van der Waals surface area contributed by atoms with Crippen molar-refractivity contribution >= 4 is 51.9 Å². The zero-order valence-electron chi connectivity index (χ0n) is 20.3. The molecule has 1 aliphatic carbocycles. The summed E-state index contributed by atoms with van der Waals surface area (Å²) in [5.41, 5.74) is 9.79. The van der Waals surface area contributed by atoms with Crippen molar-refractivity contribution in [2.75, 3.05) is 18.0 Å². The predicted molar refractivity (Wildman–Crippen MR) is 139 cm³/mol. The van der Waals surface area contributed by atoms with Gasteiger partial charge in [0.1, 0.15) is 11.2 Å². The van der Waals surface area contributed by atoms with Gasteiger partial charge >= 0.3 is 6.18 Å². The Morgan fingerprint density at radius 1 is 1.19 bits per heavy atom. The van der Waals surface area contributed by atoms with Crippen LogP contribution < -0.4 is 10.6 Å². The second kappa shape index (κ2) is 8.99. The highest BCUT2D eigenvalue weighted by atomic mass is 35.5. The fourth-order valence-corrected chi connectivity index (χ4v) is 6.33. The third-order valence-electron chi connectivity index (χ3n) is 8.04. The maximum Gasteiger partial charge on any atom is 0.391 e. The lowest BCUT2D eigenvalue weighted by Gasteiger charge is -2.42. The van der Waals surface area contributed by atoms with Gasteiger partial charge in [-0.05, 0) is 50.2 Å². The van der Waals surface area contributed by atoms with Gasteiger partial charge in [0.05, 0.1) is 22.2 Å². The van der Waals surface area contributed by atoms with E-state index >= 15 is 0 Å². The lowest BCUT2D eigenvalue weighted by atomic mass is 9.74. The summed E-state index contributed by atoms with van der Waals surface area (Å²) in [6.45, 7) is 3.06. The number of piperidine rings is 1. The summed E-state index contributed by atoms with van der Waals surface area (Å²) in [7, 11) is 1.84. The number of nitrogens with zero attached hydrogens (tertiary/aromatic N) is 6. The number of nitrogens with two attached hydrogens (primary N) is 1. The molecule has 6 rings (SSSR count). The first-order valence-electron chi connectivity index (χ1n) is 12.0. The minimum Gasteiger partial charge on any atom is -0.355 e. The molecule has 1 aliphatic heterocycles. The molecule has 4 aromatic rings. The van der Waals surface area contributed by atoms with E-state index in [9.17, 15) is 13.2 Å². The van der Waals surface area contributed by atoms with Gasteiger partial charge in [-0.25, -0.2) is 9.97 Å². The van der Waals surface area contributed by atoms with Gasteiger partial charge in [-0.15, -0.1) is 12.4 Å². The van der Waals surface area contributed by atoms with Crippen molar-refractivity contribution in [1.29, 1.82) is 0 Å². The Morgan fingerprint density at radius 2 is 1.92 bits per heavy atom. The van der Waals surface area contributed by atoms with Crippen molar-refractivity contribution in [2.24, 2.45) is 24.1 Å². The fraction of sp³-hybridized carbons (Fsp3) is 0.500. The first-order valence-corrected chi connectivity index (χ1v) is 12.4. The van der Waals surface area contributed by atoms with E-state index in [-0.39, 0.29) is 25.2 Å². The Kier molecular flexibility index (Phi) is 6.32. The lowest BCUT2D eigenvalue weighted by molar-refractivity contribution is -0.174. The van der Waals surface area contributed by atoms with E-state index in [1.807, 2.05) is 32.3 Å². The molecule has 3 aromatic heterocycles. The molecular weight excluding hydrogens is 528 g/mol. The molecule has 0 amide bonds. The normalized spacial score (nSPS) is 21.8. The van der Waals surface area contributed by atoms with E-state index < -0.39 is 23.6 Å². The van der Waals surface area contributed by atoms with Crippen molar-refractivity contribution < 1.29 is 13.2 Å². The second-order valence-corrected chi connectivity index (χ2v) is 10.6. The molecule has 1 saturated carbocycles. The van der Waals surface area contributed by atoms with E-state index in [0.717, 1.165) is 22.2 Å². The van der Waals surface area contributed by atoms with E-state index in [1.165, 1.54) is 0 Å². The maximum absolute atomic E-state index is 13.3. The Morgan fingerprint density at radius 3 is 2.59 bits per heavy atom. The van der Waals surface area contributed by atoms with Crippen molar-refractivity contribution in [2.45, 2.75) is 44.8 Å². The summed E-state index contributed by atoms with van der Waals surface area (Å²) in [4.78, 5) is 11.7. The van der Waals surface area contributed by atoms with Crippen LogP contribution in [0.2, 0.25) is 5.02 Å². The highest BCUT2D eigenvalue weighted by Crippen LogP contribution is 2.53. The topological polar surface area (TPSA) is 102 Å². The molecule has 0 radical (unpaired) electrons. The van der Waals surface area contributed by atoms with Crippen LogP contribution in [-0.2, 0) is 7.05 Å². The zero-order chi connectivity index (χ0) is 25.4. The first-order chi connectivity index (χ1) is 17.1. The Labute approximate surface area is 222 Å². The van der Waals surface area contributed by atoms with Crippen molar-refractivity contribution in [3.05, 3.63) is 29.0 Å². The molecule has 0 bridgehead atoms.